The highest BCUT2D eigenvalue weighted by atomic mass is 32.2. The largest absolute Gasteiger partial charge is 0.395 e. The van der Waals surface area contributed by atoms with Crippen molar-refractivity contribution < 1.29 is 14.1 Å². The molecule has 0 aliphatic carbocycles. The molecule has 0 aromatic heterocycles. The molecule has 1 aromatic carbocycles. The Labute approximate surface area is 128 Å². The number of aliphatic hydroxyl groups is 1. The van der Waals surface area contributed by atoms with Crippen molar-refractivity contribution in [3.63, 3.8) is 0 Å². The third kappa shape index (κ3) is 6.11. The first-order valence-electron chi connectivity index (χ1n) is 6.76. The monoisotopic (exact) mass is 307 g/mol. The maximum absolute atomic E-state index is 12.1. The molecule has 1 rings (SSSR count). The summed E-state index contributed by atoms with van der Waals surface area (Å²) in [6, 6.07) is 5.41. The highest BCUT2D eigenvalue weighted by molar-refractivity contribution is 7.84. The lowest BCUT2D eigenvalue weighted by atomic mass is 10.1. The van der Waals surface area contributed by atoms with Crippen LogP contribution in [0.5, 0.6) is 0 Å². The fraction of sp³-hybridized carbons (Fsp3) is 0.438. The zero-order valence-corrected chi connectivity index (χ0v) is 13.4. The summed E-state index contributed by atoms with van der Waals surface area (Å²) in [6.07, 6.45) is 2.04. The molecule has 0 aliphatic rings. The van der Waals surface area contributed by atoms with Gasteiger partial charge in [0.05, 0.1) is 6.61 Å². The quantitative estimate of drug-likeness (QED) is 0.804. The number of amides is 1. The SMILES string of the molecule is Cc1cc(C#CCCO)cc(C(=O)NCC(C)S(C)=O)c1. The Morgan fingerprint density at radius 3 is 2.76 bits per heavy atom. The molecule has 4 nitrogen and oxygen atoms in total. The summed E-state index contributed by atoms with van der Waals surface area (Å²) in [5.41, 5.74) is 2.24. The van der Waals surface area contributed by atoms with E-state index in [1.807, 2.05) is 19.9 Å². The van der Waals surface area contributed by atoms with Gasteiger partial charge in [-0.2, -0.15) is 0 Å². The standard InChI is InChI=1S/C16H21NO3S/c1-12-8-14(6-4-5-7-18)10-15(9-12)16(19)17-11-13(2)21(3)20/h8-10,13,18H,5,7,11H2,1-3H3,(H,17,19). The van der Waals surface area contributed by atoms with E-state index in [1.54, 1.807) is 18.4 Å². The number of nitrogens with one attached hydrogen (secondary N) is 1. The van der Waals surface area contributed by atoms with Crippen molar-refractivity contribution in [3.8, 4) is 11.8 Å². The number of carbonyl (C=O) groups excluding carboxylic acids is 1. The van der Waals surface area contributed by atoms with E-state index in [9.17, 15) is 9.00 Å². The minimum atomic E-state index is -0.958. The van der Waals surface area contributed by atoms with Gasteiger partial charge in [0.25, 0.3) is 5.91 Å². The molecule has 2 unspecified atom stereocenters. The summed E-state index contributed by atoms with van der Waals surface area (Å²) in [6.45, 7) is 4.13. The molecule has 2 atom stereocenters. The molecule has 0 saturated carbocycles. The molecule has 0 radical (unpaired) electrons. The highest BCUT2D eigenvalue weighted by Gasteiger charge is 2.11. The molecule has 0 fully saturated rings. The van der Waals surface area contributed by atoms with Crippen molar-refractivity contribution >= 4 is 16.7 Å². The van der Waals surface area contributed by atoms with Crippen molar-refractivity contribution in [2.24, 2.45) is 0 Å². The van der Waals surface area contributed by atoms with Gasteiger partial charge in [0.1, 0.15) is 0 Å². The summed E-state index contributed by atoms with van der Waals surface area (Å²) >= 11 is 0. The molecule has 1 aromatic rings. The Balaban J connectivity index is 2.80. The number of rotatable bonds is 5. The lowest BCUT2D eigenvalue weighted by Gasteiger charge is -2.10. The van der Waals surface area contributed by atoms with Gasteiger partial charge < -0.3 is 10.4 Å². The Bertz CT molecular complexity index is 587. The van der Waals surface area contributed by atoms with Gasteiger partial charge in [-0.15, -0.1) is 0 Å². The minimum Gasteiger partial charge on any atom is -0.395 e. The highest BCUT2D eigenvalue weighted by Crippen LogP contribution is 2.09. The van der Waals surface area contributed by atoms with Crippen LogP contribution in [0.3, 0.4) is 0 Å². The first-order chi connectivity index (χ1) is 9.93. The average molecular weight is 307 g/mol. The lowest BCUT2D eigenvalue weighted by Crippen LogP contribution is -2.32. The fourth-order valence-corrected chi connectivity index (χ4v) is 1.98. The van der Waals surface area contributed by atoms with Crippen LogP contribution in [0, 0.1) is 18.8 Å². The van der Waals surface area contributed by atoms with E-state index in [4.69, 9.17) is 5.11 Å². The second kappa shape index (κ2) is 8.60. The van der Waals surface area contributed by atoms with Crippen LogP contribution in [0.2, 0.25) is 0 Å². The molecule has 0 heterocycles. The van der Waals surface area contributed by atoms with E-state index in [0.717, 1.165) is 11.1 Å². The lowest BCUT2D eigenvalue weighted by molar-refractivity contribution is 0.0954. The minimum absolute atomic E-state index is 0.0260. The van der Waals surface area contributed by atoms with Gasteiger partial charge in [-0.3, -0.25) is 9.00 Å². The van der Waals surface area contributed by atoms with E-state index in [-0.39, 0.29) is 17.8 Å². The maximum Gasteiger partial charge on any atom is 0.251 e. The predicted octanol–water partition coefficient (Wildman–Crippen LogP) is 1.23. The Kier molecular flexibility index (Phi) is 7.13. The van der Waals surface area contributed by atoms with Gasteiger partial charge in [-0.25, -0.2) is 0 Å². The van der Waals surface area contributed by atoms with E-state index in [1.165, 1.54) is 0 Å². The molecule has 0 saturated heterocycles. The molecule has 114 valence electrons. The van der Waals surface area contributed by atoms with Crippen LogP contribution < -0.4 is 5.32 Å². The number of hydrogen-bond acceptors (Lipinski definition) is 3. The molecule has 0 bridgehead atoms. The summed E-state index contributed by atoms with van der Waals surface area (Å²) in [7, 11) is -0.958. The van der Waals surface area contributed by atoms with Gasteiger partial charge in [-0.05, 0) is 37.6 Å². The molecule has 21 heavy (non-hydrogen) atoms. The molecule has 2 N–H and O–H groups in total. The van der Waals surface area contributed by atoms with Crippen LogP contribution in [0.15, 0.2) is 18.2 Å². The van der Waals surface area contributed by atoms with Gasteiger partial charge in [-0.1, -0.05) is 11.8 Å². The third-order valence-electron chi connectivity index (χ3n) is 2.93. The van der Waals surface area contributed by atoms with Gasteiger partial charge in [0, 0.05) is 46.4 Å². The van der Waals surface area contributed by atoms with Crippen molar-refractivity contribution in [2.75, 3.05) is 19.4 Å². The van der Waals surface area contributed by atoms with Crippen LogP contribution in [0.25, 0.3) is 0 Å². The molecule has 1 amide bonds. The van der Waals surface area contributed by atoms with Crippen LogP contribution in [0.4, 0.5) is 0 Å². The molecular formula is C16H21NO3S. The summed E-state index contributed by atoms with van der Waals surface area (Å²) < 4.78 is 11.3. The van der Waals surface area contributed by atoms with Crippen LogP contribution >= 0.6 is 0 Å². The number of aliphatic hydroxyl groups excluding tert-OH is 1. The van der Waals surface area contributed by atoms with E-state index >= 15 is 0 Å². The first-order valence-corrected chi connectivity index (χ1v) is 8.38. The maximum atomic E-state index is 12.1. The van der Waals surface area contributed by atoms with Crippen molar-refractivity contribution in [2.45, 2.75) is 25.5 Å². The summed E-state index contributed by atoms with van der Waals surface area (Å²) in [5, 5.41) is 11.4. The topological polar surface area (TPSA) is 66.4 Å². The van der Waals surface area contributed by atoms with Crippen LogP contribution in [-0.4, -0.2) is 39.9 Å². The van der Waals surface area contributed by atoms with E-state index < -0.39 is 10.8 Å². The van der Waals surface area contributed by atoms with Gasteiger partial charge >= 0.3 is 0 Å². The van der Waals surface area contributed by atoms with Crippen molar-refractivity contribution in [1.82, 2.24) is 5.32 Å². The molecular weight excluding hydrogens is 286 g/mol. The average Bonchev–Trinajstić information content (AvgIpc) is 2.43. The van der Waals surface area contributed by atoms with Crippen LogP contribution in [-0.2, 0) is 10.8 Å². The van der Waals surface area contributed by atoms with Crippen molar-refractivity contribution in [3.05, 3.63) is 34.9 Å². The zero-order chi connectivity index (χ0) is 15.8. The Hall–Kier alpha value is -1.64. The van der Waals surface area contributed by atoms with Crippen molar-refractivity contribution in [1.29, 1.82) is 0 Å². The van der Waals surface area contributed by atoms with E-state index in [0.29, 0.717) is 18.5 Å². The molecule has 0 aliphatic heterocycles. The summed E-state index contributed by atoms with van der Waals surface area (Å²) in [4.78, 5) is 12.1. The Morgan fingerprint density at radius 2 is 2.14 bits per heavy atom. The molecule has 0 spiro atoms. The number of aryl methyl sites for hydroxylation is 1. The number of benzene rings is 1. The van der Waals surface area contributed by atoms with Gasteiger partial charge in [0.15, 0.2) is 0 Å². The number of carbonyl (C=O) groups is 1. The zero-order valence-electron chi connectivity index (χ0n) is 12.6. The van der Waals surface area contributed by atoms with Gasteiger partial charge in [0.2, 0.25) is 0 Å². The van der Waals surface area contributed by atoms with Crippen LogP contribution in [0.1, 0.15) is 34.8 Å². The smallest absolute Gasteiger partial charge is 0.251 e. The number of hydrogen-bond donors (Lipinski definition) is 2. The third-order valence-corrected chi connectivity index (χ3v) is 4.23. The first kappa shape index (κ1) is 17.4. The molecule has 5 heteroatoms. The van der Waals surface area contributed by atoms with E-state index in [2.05, 4.69) is 17.2 Å². The fourth-order valence-electron chi connectivity index (χ4n) is 1.66. The normalized spacial score (nSPS) is 13.0. The predicted molar refractivity (Wildman–Crippen MR) is 85.6 cm³/mol. The second-order valence-corrected chi connectivity index (χ2v) is 6.68. The summed E-state index contributed by atoms with van der Waals surface area (Å²) in [5.74, 6) is 5.57. The Morgan fingerprint density at radius 1 is 1.43 bits per heavy atom. The second-order valence-electron chi connectivity index (χ2n) is 4.88.